The number of nitrogens with zero attached hydrogens (tertiary/aromatic N) is 3. The van der Waals surface area contributed by atoms with Crippen molar-refractivity contribution in [3.63, 3.8) is 0 Å². The SMILES string of the molecule is COc1ccc(C(=O)N2CCN(C(=O)CCCCc3nc4ccccc4s3)CC2)c(OC)c1. The van der Waals surface area contributed by atoms with E-state index in [0.717, 1.165) is 29.8 Å². The van der Waals surface area contributed by atoms with Crippen molar-refractivity contribution in [1.29, 1.82) is 0 Å². The molecule has 0 aliphatic carbocycles. The molecule has 1 fully saturated rings. The van der Waals surface area contributed by atoms with Gasteiger partial charge in [-0.1, -0.05) is 12.1 Å². The van der Waals surface area contributed by atoms with Crippen molar-refractivity contribution in [2.24, 2.45) is 0 Å². The van der Waals surface area contributed by atoms with Crippen LogP contribution in [-0.4, -0.2) is 67.0 Å². The molecule has 2 heterocycles. The summed E-state index contributed by atoms with van der Waals surface area (Å²) in [4.78, 5) is 33.9. The minimum atomic E-state index is -0.0857. The molecule has 0 saturated carbocycles. The molecule has 1 aliphatic rings. The Labute approximate surface area is 197 Å². The number of ether oxygens (including phenoxy) is 2. The van der Waals surface area contributed by atoms with Crippen LogP contribution in [0.3, 0.4) is 0 Å². The van der Waals surface area contributed by atoms with E-state index >= 15 is 0 Å². The number of piperazine rings is 1. The summed E-state index contributed by atoms with van der Waals surface area (Å²) in [5.41, 5.74) is 1.56. The molecule has 2 amide bonds. The van der Waals surface area contributed by atoms with E-state index in [1.807, 2.05) is 23.1 Å². The van der Waals surface area contributed by atoms with E-state index in [2.05, 4.69) is 11.1 Å². The lowest BCUT2D eigenvalue weighted by molar-refractivity contribution is -0.132. The lowest BCUT2D eigenvalue weighted by Crippen LogP contribution is -2.50. The van der Waals surface area contributed by atoms with Crippen molar-refractivity contribution in [3.8, 4) is 11.5 Å². The van der Waals surface area contributed by atoms with E-state index < -0.39 is 0 Å². The Balaban J connectivity index is 1.22. The van der Waals surface area contributed by atoms with Crippen molar-refractivity contribution < 1.29 is 19.1 Å². The van der Waals surface area contributed by atoms with Crippen LogP contribution in [-0.2, 0) is 11.2 Å². The number of aryl methyl sites for hydroxylation is 1. The lowest BCUT2D eigenvalue weighted by Gasteiger charge is -2.35. The van der Waals surface area contributed by atoms with Gasteiger partial charge in [-0.15, -0.1) is 11.3 Å². The highest BCUT2D eigenvalue weighted by atomic mass is 32.1. The van der Waals surface area contributed by atoms with Crippen LogP contribution in [0, 0.1) is 0 Å². The summed E-state index contributed by atoms with van der Waals surface area (Å²) in [5, 5.41) is 1.13. The smallest absolute Gasteiger partial charge is 0.257 e. The van der Waals surface area contributed by atoms with Gasteiger partial charge in [0.05, 0.1) is 35.0 Å². The maximum absolute atomic E-state index is 13.0. The van der Waals surface area contributed by atoms with E-state index in [1.165, 1.54) is 4.70 Å². The van der Waals surface area contributed by atoms with E-state index in [-0.39, 0.29) is 11.8 Å². The molecule has 3 aromatic rings. The molecule has 0 radical (unpaired) electrons. The number of para-hydroxylation sites is 1. The highest BCUT2D eigenvalue weighted by Crippen LogP contribution is 2.26. The Bertz CT molecular complexity index is 1090. The van der Waals surface area contributed by atoms with Gasteiger partial charge in [0, 0.05) is 38.7 Å². The van der Waals surface area contributed by atoms with Crippen LogP contribution >= 0.6 is 11.3 Å². The number of amides is 2. The minimum absolute atomic E-state index is 0.0857. The van der Waals surface area contributed by atoms with Gasteiger partial charge >= 0.3 is 0 Å². The highest BCUT2D eigenvalue weighted by molar-refractivity contribution is 7.18. The molecule has 33 heavy (non-hydrogen) atoms. The molecule has 2 aromatic carbocycles. The summed E-state index contributed by atoms with van der Waals surface area (Å²) >= 11 is 1.73. The van der Waals surface area contributed by atoms with Crippen LogP contribution in [0.25, 0.3) is 10.2 Å². The molecule has 0 N–H and O–H groups in total. The van der Waals surface area contributed by atoms with Crippen LogP contribution in [0.4, 0.5) is 0 Å². The number of carbonyl (C=O) groups is 2. The molecule has 7 nitrogen and oxygen atoms in total. The number of aromatic nitrogens is 1. The molecule has 0 spiro atoms. The highest BCUT2D eigenvalue weighted by Gasteiger charge is 2.26. The minimum Gasteiger partial charge on any atom is -0.497 e. The first kappa shape index (κ1) is 23.0. The zero-order valence-corrected chi connectivity index (χ0v) is 19.9. The predicted octanol–water partition coefficient (Wildman–Crippen LogP) is 4.01. The van der Waals surface area contributed by atoms with Gasteiger partial charge in [-0.3, -0.25) is 9.59 Å². The summed E-state index contributed by atoms with van der Waals surface area (Å²) < 4.78 is 11.8. The van der Waals surface area contributed by atoms with Gasteiger partial charge in [-0.25, -0.2) is 4.98 Å². The average molecular weight is 468 g/mol. The number of unbranched alkanes of at least 4 members (excludes halogenated alkanes) is 1. The Morgan fingerprint density at radius 1 is 0.970 bits per heavy atom. The Morgan fingerprint density at radius 2 is 1.73 bits per heavy atom. The third-order valence-corrected chi connectivity index (χ3v) is 7.02. The van der Waals surface area contributed by atoms with Gasteiger partial charge in [0.2, 0.25) is 5.91 Å². The second kappa shape index (κ2) is 10.7. The third kappa shape index (κ3) is 5.45. The van der Waals surface area contributed by atoms with Gasteiger partial charge in [0.25, 0.3) is 5.91 Å². The Hall–Kier alpha value is -3.13. The maximum Gasteiger partial charge on any atom is 0.257 e. The number of methoxy groups -OCH3 is 2. The maximum atomic E-state index is 13.0. The van der Waals surface area contributed by atoms with E-state index in [4.69, 9.17) is 9.47 Å². The number of benzene rings is 2. The van der Waals surface area contributed by atoms with Crippen molar-refractivity contribution in [2.45, 2.75) is 25.7 Å². The zero-order chi connectivity index (χ0) is 23.2. The number of fused-ring (bicyclic) bond motifs is 1. The van der Waals surface area contributed by atoms with Gasteiger partial charge < -0.3 is 19.3 Å². The van der Waals surface area contributed by atoms with Crippen LogP contribution in [0.5, 0.6) is 11.5 Å². The number of carbonyl (C=O) groups excluding carboxylic acids is 2. The van der Waals surface area contributed by atoms with Gasteiger partial charge in [0.15, 0.2) is 0 Å². The number of hydrogen-bond acceptors (Lipinski definition) is 6. The van der Waals surface area contributed by atoms with Gasteiger partial charge in [-0.2, -0.15) is 0 Å². The normalized spacial score (nSPS) is 13.9. The fourth-order valence-corrected chi connectivity index (χ4v) is 5.05. The molecule has 4 rings (SSSR count). The standard InChI is InChI=1S/C25H29N3O4S/c1-31-18-11-12-19(21(17-18)32-2)25(30)28-15-13-27(14-16-28)24(29)10-6-5-9-23-26-20-7-3-4-8-22(20)33-23/h3-4,7-8,11-12,17H,5-6,9-10,13-16H2,1-2H3. The van der Waals surface area contributed by atoms with Crippen LogP contribution < -0.4 is 9.47 Å². The topological polar surface area (TPSA) is 72.0 Å². The number of rotatable bonds is 8. The first-order chi connectivity index (χ1) is 16.1. The van der Waals surface area contributed by atoms with Crippen molar-refractivity contribution in [1.82, 2.24) is 14.8 Å². The second-order valence-electron chi connectivity index (χ2n) is 8.02. The van der Waals surface area contributed by atoms with Gasteiger partial charge in [-0.05, 0) is 43.5 Å². The van der Waals surface area contributed by atoms with E-state index in [0.29, 0.717) is 49.7 Å². The summed E-state index contributed by atoms with van der Waals surface area (Å²) in [6, 6.07) is 13.4. The molecule has 0 bridgehead atoms. The average Bonchev–Trinajstić information content (AvgIpc) is 3.28. The molecule has 1 saturated heterocycles. The first-order valence-corrected chi connectivity index (χ1v) is 12.0. The molecule has 1 aliphatic heterocycles. The largest absolute Gasteiger partial charge is 0.497 e. The second-order valence-corrected chi connectivity index (χ2v) is 9.14. The zero-order valence-electron chi connectivity index (χ0n) is 19.1. The Kier molecular flexibility index (Phi) is 7.44. The van der Waals surface area contributed by atoms with Crippen molar-refractivity contribution in [2.75, 3.05) is 40.4 Å². The summed E-state index contributed by atoms with van der Waals surface area (Å²) in [6.45, 7) is 2.15. The van der Waals surface area contributed by atoms with Crippen LogP contribution in [0.2, 0.25) is 0 Å². The summed E-state index contributed by atoms with van der Waals surface area (Å²) in [5.74, 6) is 1.21. The Morgan fingerprint density at radius 3 is 2.45 bits per heavy atom. The number of thiazole rings is 1. The first-order valence-electron chi connectivity index (χ1n) is 11.2. The summed E-state index contributed by atoms with van der Waals surface area (Å²) in [6.07, 6.45) is 3.22. The van der Waals surface area contributed by atoms with Crippen LogP contribution in [0.15, 0.2) is 42.5 Å². The van der Waals surface area contributed by atoms with E-state index in [9.17, 15) is 9.59 Å². The van der Waals surface area contributed by atoms with Crippen LogP contribution in [0.1, 0.15) is 34.6 Å². The lowest BCUT2D eigenvalue weighted by atomic mass is 10.1. The van der Waals surface area contributed by atoms with E-state index in [1.54, 1.807) is 48.7 Å². The molecular weight excluding hydrogens is 438 g/mol. The molecule has 174 valence electrons. The molecule has 0 unspecified atom stereocenters. The molecule has 0 atom stereocenters. The molecule has 1 aromatic heterocycles. The molecule has 8 heteroatoms. The summed E-state index contributed by atoms with van der Waals surface area (Å²) in [7, 11) is 3.12. The number of hydrogen-bond donors (Lipinski definition) is 0. The van der Waals surface area contributed by atoms with Crippen molar-refractivity contribution in [3.05, 3.63) is 53.0 Å². The van der Waals surface area contributed by atoms with Crippen molar-refractivity contribution >= 4 is 33.4 Å². The quantitative estimate of drug-likeness (QED) is 0.468. The fourth-order valence-electron chi connectivity index (χ4n) is 4.04. The van der Waals surface area contributed by atoms with Gasteiger partial charge in [0.1, 0.15) is 11.5 Å². The third-order valence-electron chi connectivity index (χ3n) is 5.93. The monoisotopic (exact) mass is 467 g/mol. The predicted molar refractivity (Wildman–Crippen MR) is 129 cm³/mol. The molecular formula is C25H29N3O4S. The fraction of sp³-hybridized carbons (Fsp3) is 0.400.